The van der Waals surface area contributed by atoms with Crippen molar-refractivity contribution in [3.8, 4) is 5.75 Å². The fourth-order valence-corrected chi connectivity index (χ4v) is 4.12. The van der Waals surface area contributed by atoms with Crippen LogP contribution in [0, 0.1) is 0 Å². The summed E-state index contributed by atoms with van der Waals surface area (Å²) in [6.07, 6.45) is 2.78. The van der Waals surface area contributed by atoms with Gasteiger partial charge in [0.15, 0.2) is 5.78 Å². The molecular formula is C15H10Br3NO2. The van der Waals surface area contributed by atoms with E-state index in [-0.39, 0.29) is 12.2 Å². The second-order valence-corrected chi connectivity index (χ2v) is 7.42. The Bertz CT molecular complexity index is 731. The van der Waals surface area contributed by atoms with Gasteiger partial charge in [0.1, 0.15) is 11.4 Å². The summed E-state index contributed by atoms with van der Waals surface area (Å²) in [4.78, 5) is 16.7. The van der Waals surface area contributed by atoms with Gasteiger partial charge in [0.25, 0.3) is 0 Å². The molecule has 0 bridgehead atoms. The molecule has 0 saturated heterocycles. The molecule has 1 aromatic heterocycles. The van der Waals surface area contributed by atoms with Crippen LogP contribution >= 0.6 is 47.8 Å². The normalized spacial score (nSPS) is 12.9. The van der Waals surface area contributed by atoms with Crippen molar-refractivity contribution in [2.45, 2.75) is 12.8 Å². The average Bonchev–Trinajstić information content (AvgIpc) is 2.86. The summed E-state index contributed by atoms with van der Waals surface area (Å²) in [6.45, 7) is 0.674. The van der Waals surface area contributed by atoms with E-state index in [4.69, 9.17) is 4.74 Å². The maximum Gasteiger partial charge on any atom is 0.186 e. The fourth-order valence-electron chi connectivity index (χ4n) is 2.35. The molecule has 1 aliphatic heterocycles. The Kier molecular flexibility index (Phi) is 4.47. The minimum absolute atomic E-state index is 0.0369. The number of nitrogens with zero attached hydrogens (tertiary/aromatic N) is 1. The van der Waals surface area contributed by atoms with E-state index in [9.17, 15) is 4.79 Å². The molecule has 0 radical (unpaired) electrons. The number of ether oxygens (including phenoxy) is 1. The number of halogens is 3. The lowest BCUT2D eigenvalue weighted by Crippen LogP contribution is -2.08. The van der Waals surface area contributed by atoms with E-state index >= 15 is 0 Å². The molecule has 0 N–H and O–H groups in total. The average molecular weight is 476 g/mol. The van der Waals surface area contributed by atoms with Crippen LogP contribution in [0.3, 0.4) is 0 Å². The first-order valence-electron chi connectivity index (χ1n) is 6.33. The lowest BCUT2D eigenvalue weighted by atomic mass is 10.0. The molecule has 0 saturated carbocycles. The Morgan fingerprint density at radius 1 is 1.19 bits per heavy atom. The molecule has 1 aromatic carbocycles. The number of rotatable bonds is 3. The number of carbonyl (C=O) groups is 1. The molecule has 0 aliphatic carbocycles. The lowest BCUT2D eigenvalue weighted by molar-refractivity contribution is 0.0986. The zero-order valence-electron chi connectivity index (χ0n) is 10.8. The van der Waals surface area contributed by atoms with Gasteiger partial charge >= 0.3 is 0 Å². The highest BCUT2D eigenvalue weighted by Crippen LogP contribution is 2.34. The van der Waals surface area contributed by atoms with Crippen molar-refractivity contribution in [2.75, 3.05) is 6.61 Å². The van der Waals surface area contributed by atoms with Gasteiger partial charge in [-0.3, -0.25) is 9.78 Å². The number of pyridine rings is 1. The first-order chi connectivity index (χ1) is 10.0. The number of hydrogen-bond donors (Lipinski definition) is 0. The SMILES string of the molecule is O=C(Cc1cc(Br)cc2c1OCC2)c1ncc(Br)cc1Br. The Morgan fingerprint density at radius 3 is 2.76 bits per heavy atom. The molecule has 0 atom stereocenters. The molecule has 1 aliphatic rings. The number of carbonyl (C=O) groups excluding carboxylic acids is 1. The maximum absolute atomic E-state index is 12.5. The van der Waals surface area contributed by atoms with Crippen LogP contribution in [0.25, 0.3) is 0 Å². The van der Waals surface area contributed by atoms with Crippen molar-refractivity contribution in [3.63, 3.8) is 0 Å². The van der Waals surface area contributed by atoms with E-state index in [2.05, 4.69) is 52.8 Å². The highest BCUT2D eigenvalue weighted by atomic mass is 79.9. The fraction of sp³-hybridized carbons (Fsp3) is 0.200. The molecule has 0 amide bonds. The summed E-state index contributed by atoms with van der Waals surface area (Å²) in [5, 5.41) is 0. The van der Waals surface area contributed by atoms with Crippen LogP contribution in [-0.4, -0.2) is 17.4 Å². The summed E-state index contributed by atoms with van der Waals surface area (Å²) < 4.78 is 8.15. The van der Waals surface area contributed by atoms with Gasteiger partial charge in [-0.1, -0.05) is 15.9 Å². The predicted octanol–water partition coefficient (Wildman–Crippen LogP) is 4.73. The molecule has 21 heavy (non-hydrogen) atoms. The number of fused-ring (bicyclic) bond motifs is 1. The van der Waals surface area contributed by atoms with Crippen molar-refractivity contribution in [2.24, 2.45) is 0 Å². The van der Waals surface area contributed by atoms with E-state index in [1.165, 1.54) is 0 Å². The molecule has 108 valence electrons. The molecule has 3 nitrogen and oxygen atoms in total. The second-order valence-electron chi connectivity index (χ2n) is 4.74. The van der Waals surface area contributed by atoms with Crippen LogP contribution in [0.15, 0.2) is 37.8 Å². The van der Waals surface area contributed by atoms with Crippen LogP contribution < -0.4 is 4.74 Å². The number of benzene rings is 1. The summed E-state index contributed by atoms with van der Waals surface area (Å²) in [5.74, 6) is 0.810. The summed E-state index contributed by atoms with van der Waals surface area (Å²) >= 11 is 10.2. The van der Waals surface area contributed by atoms with Crippen LogP contribution in [0.2, 0.25) is 0 Å². The number of aromatic nitrogens is 1. The number of hydrogen-bond acceptors (Lipinski definition) is 3. The maximum atomic E-state index is 12.5. The van der Waals surface area contributed by atoms with Gasteiger partial charge in [0.2, 0.25) is 0 Å². The molecule has 0 unspecified atom stereocenters. The van der Waals surface area contributed by atoms with E-state index < -0.39 is 0 Å². The van der Waals surface area contributed by atoms with E-state index in [1.54, 1.807) is 6.20 Å². The number of Topliss-reactive ketones (excluding diaryl/α,β-unsaturated/α-hetero) is 1. The quantitative estimate of drug-likeness (QED) is 0.602. The molecule has 3 rings (SSSR count). The minimum atomic E-state index is -0.0369. The zero-order valence-corrected chi connectivity index (χ0v) is 15.6. The second kappa shape index (κ2) is 6.18. The van der Waals surface area contributed by atoms with Gasteiger partial charge in [-0.25, -0.2) is 0 Å². The molecule has 0 spiro atoms. The number of ketones is 1. The summed E-state index contributed by atoms with van der Waals surface area (Å²) in [7, 11) is 0. The molecule has 2 aromatic rings. The smallest absolute Gasteiger partial charge is 0.186 e. The summed E-state index contributed by atoms with van der Waals surface area (Å²) in [6, 6.07) is 5.81. The van der Waals surface area contributed by atoms with E-state index in [0.717, 1.165) is 32.2 Å². The van der Waals surface area contributed by atoms with Gasteiger partial charge in [-0.15, -0.1) is 0 Å². The predicted molar refractivity (Wildman–Crippen MR) is 91.0 cm³/mol. The minimum Gasteiger partial charge on any atom is -0.493 e. The Morgan fingerprint density at radius 2 is 2.00 bits per heavy atom. The van der Waals surface area contributed by atoms with Crippen LogP contribution in [0.1, 0.15) is 21.6 Å². The standard InChI is InChI=1S/C15H10Br3NO2/c16-10-3-8-1-2-21-15(8)9(4-10)5-13(20)14-12(18)6-11(17)7-19-14/h3-4,6-7H,1-2,5H2. The topological polar surface area (TPSA) is 39.2 Å². The summed E-state index contributed by atoms with van der Waals surface area (Å²) in [5.41, 5.74) is 2.48. The first kappa shape index (κ1) is 15.2. The van der Waals surface area contributed by atoms with Crippen LogP contribution in [-0.2, 0) is 12.8 Å². The van der Waals surface area contributed by atoms with Gasteiger partial charge in [-0.2, -0.15) is 0 Å². The highest BCUT2D eigenvalue weighted by Gasteiger charge is 2.21. The largest absolute Gasteiger partial charge is 0.493 e. The highest BCUT2D eigenvalue weighted by molar-refractivity contribution is 9.11. The van der Waals surface area contributed by atoms with Gasteiger partial charge in [0, 0.05) is 38.0 Å². The molecule has 6 heteroatoms. The van der Waals surface area contributed by atoms with Crippen molar-refractivity contribution in [1.82, 2.24) is 4.98 Å². The van der Waals surface area contributed by atoms with Gasteiger partial charge in [-0.05, 0) is 55.6 Å². The van der Waals surface area contributed by atoms with Crippen LogP contribution in [0.5, 0.6) is 5.75 Å². The van der Waals surface area contributed by atoms with E-state index in [1.807, 2.05) is 18.2 Å². The molecule has 2 heterocycles. The third-order valence-corrected chi connectivity index (χ3v) is 4.74. The van der Waals surface area contributed by atoms with Gasteiger partial charge < -0.3 is 4.74 Å². The third-order valence-electron chi connectivity index (χ3n) is 3.25. The van der Waals surface area contributed by atoms with Crippen molar-refractivity contribution < 1.29 is 9.53 Å². The first-order valence-corrected chi connectivity index (χ1v) is 8.71. The monoisotopic (exact) mass is 473 g/mol. The van der Waals surface area contributed by atoms with Crippen molar-refractivity contribution >= 4 is 53.6 Å². The Hall–Kier alpha value is -0.720. The van der Waals surface area contributed by atoms with Crippen LogP contribution in [0.4, 0.5) is 0 Å². The Balaban J connectivity index is 1.92. The zero-order chi connectivity index (χ0) is 15.0. The van der Waals surface area contributed by atoms with Gasteiger partial charge in [0.05, 0.1) is 6.61 Å². The van der Waals surface area contributed by atoms with Crippen molar-refractivity contribution in [1.29, 1.82) is 0 Å². The third kappa shape index (κ3) is 3.22. The Labute approximate surface area is 147 Å². The lowest BCUT2D eigenvalue weighted by Gasteiger charge is -2.09. The molecular weight excluding hydrogens is 466 g/mol. The molecule has 0 fully saturated rings. The van der Waals surface area contributed by atoms with Crippen molar-refractivity contribution in [3.05, 3.63) is 54.6 Å². The van der Waals surface area contributed by atoms with E-state index in [0.29, 0.717) is 16.8 Å².